The highest BCUT2D eigenvalue weighted by atomic mass is 32.1. The van der Waals surface area contributed by atoms with E-state index in [4.69, 9.17) is 9.73 Å². The number of aryl methyl sites for hydroxylation is 1. The standard InChI is InChI=1S/C29H22N2O4S/c1-35-21-7-4-6-20(16-21)26-23-14-13-18-5-2-3-8-22(18)25(23)30-29-31(26)27(32)24(36-29)15-17-9-11-19(12-10-17)28(33)34/h2-12,15-16,26H,13-14H2,1H3,(H,33,34)/b24-15+/t26-/m0/s1. The number of fused-ring (bicyclic) bond motifs is 3. The highest BCUT2D eigenvalue weighted by Crippen LogP contribution is 2.41. The van der Waals surface area contributed by atoms with Crippen LogP contribution < -0.4 is 19.6 Å². The van der Waals surface area contributed by atoms with Gasteiger partial charge in [-0.1, -0.05) is 59.9 Å². The van der Waals surface area contributed by atoms with Gasteiger partial charge in [0.15, 0.2) is 4.80 Å². The van der Waals surface area contributed by atoms with Crippen molar-refractivity contribution in [2.24, 2.45) is 4.99 Å². The van der Waals surface area contributed by atoms with Crippen molar-refractivity contribution in [3.8, 4) is 5.75 Å². The Morgan fingerprint density at radius 2 is 1.89 bits per heavy atom. The fourth-order valence-corrected chi connectivity index (χ4v) is 6.01. The maximum atomic E-state index is 13.8. The molecule has 0 fully saturated rings. The molecule has 3 aromatic carbocycles. The SMILES string of the molecule is COc1cccc([C@H]2C3=C(N=c4s/c(=C/c5ccc(C(=O)O)cc5)c(=O)n42)c2ccccc2CC3)c1. The Balaban J connectivity index is 1.58. The lowest BCUT2D eigenvalue weighted by Gasteiger charge is -2.31. The summed E-state index contributed by atoms with van der Waals surface area (Å²) in [4.78, 5) is 30.7. The summed E-state index contributed by atoms with van der Waals surface area (Å²) in [7, 11) is 1.64. The third kappa shape index (κ3) is 3.69. The smallest absolute Gasteiger partial charge is 0.335 e. The molecule has 36 heavy (non-hydrogen) atoms. The summed E-state index contributed by atoms with van der Waals surface area (Å²) < 4.78 is 7.84. The van der Waals surface area contributed by atoms with Gasteiger partial charge >= 0.3 is 5.97 Å². The van der Waals surface area contributed by atoms with Crippen LogP contribution in [-0.4, -0.2) is 22.8 Å². The number of thiazole rings is 1. The lowest BCUT2D eigenvalue weighted by Crippen LogP contribution is -2.38. The van der Waals surface area contributed by atoms with Crippen molar-refractivity contribution in [1.82, 2.24) is 4.57 Å². The minimum Gasteiger partial charge on any atom is -0.497 e. The van der Waals surface area contributed by atoms with Gasteiger partial charge in [0.1, 0.15) is 5.75 Å². The molecular weight excluding hydrogens is 472 g/mol. The van der Waals surface area contributed by atoms with Gasteiger partial charge in [0.2, 0.25) is 0 Å². The largest absolute Gasteiger partial charge is 0.497 e. The zero-order valence-corrected chi connectivity index (χ0v) is 20.3. The highest BCUT2D eigenvalue weighted by Gasteiger charge is 2.32. The zero-order valence-electron chi connectivity index (χ0n) is 19.5. The summed E-state index contributed by atoms with van der Waals surface area (Å²) in [6, 6.07) is 22.4. The number of hydrogen-bond donors (Lipinski definition) is 1. The Bertz CT molecular complexity index is 1730. The summed E-state index contributed by atoms with van der Waals surface area (Å²) in [6.07, 6.45) is 3.51. The zero-order chi connectivity index (χ0) is 24.8. The van der Waals surface area contributed by atoms with E-state index < -0.39 is 5.97 Å². The molecule has 178 valence electrons. The monoisotopic (exact) mass is 494 g/mol. The van der Waals surface area contributed by atoms with E-state index in [-0.39, 0.29) is 17.2 Å². The number of carboxylic acid groups (broad SMARTS) is 1. The van der Waals surface area contributed by atoms with Crippen LogP contribution in [0.25, 0.3) is 11.8 Å². The van der Waals surface area contributed by atoms with Gasteiger partial charge in [-0.25, -0.2) is 9.79 Å². The molecule has 6 rings (SSSR count). The van der Waals surface area contributed by atoms with Crippen LogP contribution in [0.15, 0.2) is 88.2 Å². The molecule has 6 nitrogen and oxygen atoms in total. The van der Waals surface area contributed by atoms with Gasteiger partial charge in [-0.2, -0.15) is 0 Å². The van der Waals surface area contributed by atoms with Gasteiger partial charge in [-0.3, -0.25) is 9.36 Å². The Morgan fingerprint density at radius 3 is 2.67 bits per heavy atom. The second-order valence-electron chi connectivity index (χ2n) is 8.82. The van der Waals surface area contributed by atoms with E-state index in [0.717, 1.165) is 46.6 Å². The lowest BCUT2D eigenvalue weighted by molar-refractivity contribution is 0.0697. The average Bonchev–Trinajstić information content (AvgIpc) is 3.22. The minimum absolute atomic E-state index is 0.112. The summed E-state index contributed by atoms with van der Waals surface area (Å²) in [5, 5.41) is 9.18. The van der Waals surface area contributed by atoms with E-state index in [1.54, 1.807) is 42.0 Å². The van der Waals surface area contributed by atoms with Crippen LogP contribution in [0.2, 0.25) is 0 Å². The molecule has 1 aromatic heterocycles. The van der Waals surface area contributed by atoms with Crippen LogP contribution in [0.3, 0.4) is 0 Å². The van der Waals surface area contributed by atoms with Crippen molar-refractivity contribution in [3.05, 3.63) is 126 Å². The van der Waals surface area contributed by atoms with E-state index in [1.165, 1.54) is 16.9 Å². The van der Waals surface area contributed by atoms with Crippen LogP contribution in [0, 0.1) is 0 Å². The molecule has 4 aromatic rings. The summed E-state index contributed by atoms with van der Waals surface area (Å²) >= 11 is 1.35. The molecule has 2 aliphatic rings. The number of hydrogen-bond acceptors (Lipinski definition) is 5. The highest BCUT2D eigenvalue weighted by molar-refractivity contribution is 7.07. The van der Waals surface area contributed by atoms with Gasteiger partial charge in [0.25, 0.3) is 5.56 Å². The fraction of sp³-hybridized carbons (Fsp3) is 0.138. The van der Waals surface area contributed by atoms with Crippen molar-refractivity contribution < 1.29 is 14.6 Å². The Kier molecular flexibility index (Phi) is 5.42. The lowest BCUT2D eigenvalue weighted by atomic mass is 9.83. The number of rotatable bonds is 4. The molecule has 7 heteroatoms. The Hall–Kier alpha value is -4.23. The molecule has 2 heterocycles. The molecule has 1 atom stereocenters. The van der Waals surface area contributed by atoms with Gasteiger partial charge in [-0.15, -0.1) is 0 Å². The quantitative estimate of drug-likeness (QED) is 0.465. The van der Waals surface area contributed by atoms with Gasteiger partial charge in [0.05, 0.1) is 28.9 Å². The van der Waals surface area contributed by atoms with E-state index in [0.29, 0.717) is 9.33 Å². The third-order valence-electron chi connectivity index (χ3n) is 6.74. The number of nitrogens with zero attached hydrogens (tertiary/aromatic N) is 2. The second-order valence-corrected chi connectivity index (χ2v) is 9.83. The molecule has 0 unspecified atom stereocenters. The molecular formula is C29H22N2O4S. The predicted molar refractivity (Wildman–Crippen MR) is 139 cm³/mol. The Labute approximate surface area is 210 Å². The second kappa shape index (κ2) is 8.77. The van der Waals surface area contributed by atoms with Crippen molar-refractivity contribution >= 4 is 29.1 Å². The first-order valence-corrected chi connectivity index (χ1v) is 12.5. The first-order chi connectivity index (χ1) is 17.5. The number of aromatic carboxylic acids is 1. The van der Waals surface area contributed by atoms with Gasteiger partial charge < -0.3 is 9.84 Å². The summed E-state index contributed by atoms with van der Waals surface area (Å²) in [5.74, 6) is -0.242. The predicted octanol–water partition coefficient (Wildman–Crippen LogP) is 4.03. The molecule has 0 saturated carbocycles. The first kappa shape index (κ1) is 22.2. The van der Waals surface area contributed by atoms with E-state index in [2.05, 4.69) is 18.2 Å². The van der Waals surface area contributed by atoms with Crippen molar-refractivity contribution in [2.45, 2.75) is 18.9 Å². The minimum atomic E-state index is -0.981. The van der Waals surface area contributed by atoms with Gasteiger partial charge in [0, 0.05) is 5.56 Å². The van der Waals surface area contributed by atoms with E-state index in [9.17, 15) is 14.7 Å². The van der Waals surface area contributed by atoms with Gasteiger partial charge in [-0.05, 0) is 65.4 Å². The third-order valence-corrected chi connectivity index (χ3v) is 7.72. The summed E-state index contributed by atoms with van der Waals surface area (Å²) in [6.45, 7) is 0. The number of methoxy groups -OCH3 is 1. The normalized spacial score (nSPS) is 16.6. The van der Waals surface area contributed by atoms with Crippen LogP contribution in [0.4, 0.5) is 0 Å². The van der Waals surface area contributed by atoms with Crippen LogP contribution in [0.5, 0.6) is 5.75 Å². The van der Waals surface area contributed by atoms with E-state index >= 15 is 0 Å². The van der Waals surface area contributed by atoms with Crippen LogP contribution in [0.1, 0.15) is 45.1 Å². The summed E-state index contributed by atoms with van der Waals surface area (Å²) in [5.41, 5.74) is 6.30. The number of ether oxygens (including phenoxy) is 1. The average molecular weight is 495 g/mol. The number of aromatic nitrogens is 1. The van der Waals surface area contributed by atoms with E-state index in [1.807, 2.05) is 30.3 Å². The van der Waals surface area contributed by atoms with Crippen molar-refractivity contribution in [3.63, 3.8) is 0 Å². The maximum absolute atomic E-state index is 13.8. The molecule has 0 radical (unpaired) electrons. The maximum Gasteiger partial charge on any atom is 0.335 e. The van der Waals surface area contributed by atoms with Crippen molar-refractivity contribution in [1.29, 1.82) is 0 Å². The molecule has 1 aliphatic carbocycles. The number of allylic oxidation sites excluding steroid dienone is 1. The van der Waals surface area contributed by atoms with Crippen molar-refractivity contribution in [2.75, 3.05) is 7.11 Å². The van der Waals surface area contributed by atoms with Crippen LogP contribution in [-0.2, 0) is 6.42 Å². The van der Waals surface area contributed by atoms with Crippen LogP contribution >= 0.6 is 11.3 Å². The topological polar surface area (TPSA) is 80.9 Å². The molecule has 0 spiro atoms. The fourth-order valence-electron chi connectivity index (χ4n) is 5.01. The Morgan fingerprint density at radius 1 is 1.08 bits per heavy atom. The number of benzene rings is 3. The first-order valence-electron chi connectivity index (χ1n) is 11.6. The molecule has 1 N–H and O–H groups in total. The molecule has 0 saturated heterocycles. The number of carbonyl (C=O) groups is 1. The molecule has 1 aliphatic heterocycles. The molecule has 0 bridgehead atoms. The number of carboxylic acids is 1. The molecule has 0 amide bonds.